The minimum absolute atomic E-state index is 0. The van der Waals surface area contributed by atoms with Crippen LogP contribution < -0.4 is 5.73 Å². The van der Waals surface area contributed by atoms with E-state index in [0.29, 0.717) is 0 Å². The van der Waals surface area contributed by atoms with Crippen LogP contribution in [-0.2, 0) is 38.9 Å². The molecule has 27 heavy (non-hydrogen) atoms. The zero-order valence-electron chi connectivity index (χ0n) is 15.1. The molecule has 150 valence electrons. The van der Waals surface area contributed by atoms with Crippen molar-refractivity contribution in [1.29, 1.82) is 0 Å². The quantitative estimate of drug-likeness (QED) is 0.352. The van der Waals surface area contributed by atoms with Gasteiger partial charge in [0.15, 0.2) is 0 Å². The van der Waals surface area contributed by atoms with Crippen molar-refractivity contribution in [2.24, 2.45) is 5.73 Å². The molecule has 0 radical (unpaired) electrons. The fourth-order valence-corrected chi connectivity index (χ4v) is 2.28. The molecule has 1 atom stereocenters. The molecule has 0 saturated heterocycles. The van der Waals surface area contributed by atoms with Crippen molar-refractivity contribution in [3.8, 4) is 11.1 Å². The van der Waals surface area contributed by atoms with Gasteiger partial charge in [-0.25, -0.2) is 24.3 Å². The predicted molar refractivity (Wildman–Crippen MR) is 105 cm³/mol. The normalized spacial score (nSPS) is 10.0. The fourth-order valence-electron chi connectivity index (χ4n) is 2.28. The van der Waals surface area contributed by atoms with Gasteiger partial charge in [0.1, 0.15) is 5.78 Å². The van der Waals surface area contributed by atoms with Gasteiger partial charge in [0, 0.05) is 40.2 Å². The summed E-state index contributed by atoms with van der Waals surface area (Å²) in [6.45, 7) is 1.51. The van der Waals surface area contributed by atoms with Crippen LogP contribution in [0.25, 0.3) is 11.1 Å². The van der Waals surface area contributed by atoms with Gasteiger partial charge < -0.3 is 53.3 Å². The van der Waals surface area contributed by atoms with E-state index in [-0.39, 0.29) is 39.9 Å². The van der Waals surface area contributed by atoms with E-state index >= 15 is 0 Å². The molecule has 0 bridgehead atoms. The summed E-state index contributed by atoms with van der Waals surface area (Å²) < 4.78 is 0. The summed E-state index contributed by atoms with van der Waals surface area (Å²) in [7, 11) is 0. The molecular weight excluding hydrogens is 418 g/mol. The second-order valence-corrected chi connectivity index (χ2v) is 5.62. The Morgan fingerprint density at radius 3 is 1.81 bits per heavy atom. The van der Waals surface area contributed by atoms with E-state index < -0.39 is 6.04 Å². The predicted octanol–water partition coefficient (Wildman–Crippen LogP) is 5.19. The number of carbonyl (C=O) groups excluding carboxylic acids is 1. The Kier molecular flexibility index (Phi) is 13.2. The summed E-state index contributed by atoms with van der Waals surface area (Å²) in [4.78, 5) is 11.1. The molecule has 4 heteroatoms. The van der Waals surface area contributed by atoms with E-state index in [9.17, 15) is 4.79 Å². The molecular formula is C23H23Fe2NO-8. The second-order valence-electron chi connectivity index (χ2n) is 5.62. The monoisotopic (exact) mass is 441 g/mol. The SMILES string of the molecule is CC(=O)C(N)[c-]1ccc(-[c-]2[cH-][cH-][cH-][cH-]2)c1.[Fe].[Fe].c1cc[cH-]c1.c1cc[cH-]c1. The average molecular weight is 441 g/mol. The minimum Gasteiger partial charge on any atom is -0.642 e. The second kappa shape index (κ2) is 14.2. The van der Waals surface area contributed by atoms with Crippen molar-refractivity contribution >= 4 is 5.78 Å². The minimum atomic E-state index is -0.492. The van der Waals surface area contributed by atoms with E-state index in [1.807, 2.05) is 103 Å². The van der Waals surface area contributed by atoms with Gasteiger partial charge in [-0.3, -0.25) is 16.4 Å². The molecule has 4 aromatic rings. The van der Waals surface area contributed by atoms with Crippen molar-refractivity contribution in [2.45, 2.75) is 13.0 Å². The Balaban J connectivity index is 0.000000465. The molecule has 0 amide bonds. The number of hydrogen-bond acceptors (Lipinski definition) is 2. The topological polar surface area (TPSA) is 43.1 Å². The fraction of sp³-hybridized carbons (Fsp3) is 0.0870. The van der Waals surface area contributed by atoms with Gasteiger partial charge in [0.05, 0.1) is 0 Å². The first-order chi connectivity index (χ1) is 12.2. The van der Waals surface area contributed by atoms with Crippen LogP contribution in [0.1, 0.15) is 18.5 Å². The number of carbonyl (C=O) groups is 1. The third kappa shape index (κ3) is 9.01. The Bertz CT molecular complexity index is 736. The van der Waals surface area contributed by atoms with E-state index in [1.54, 1.807) is 0 Å². The largest absolute Gasteiger partial charge is 0.642 e. The number of hydrogen-bond donors (Lipinski definition) is 1. The molecule has 4 aromatic carbocycles. The molecule has 2 N–H and O–H groups in total. The van der Waals surface area contributed by atoms with Crippen LogP contribution in [0.3, 0.4) is 0 Å². The van der Waals surface area contributed by atoms with Crippen LogP contribution in [-0.4, -0.2) is 5.78 Å². The van der Waals surface area contributed by atoms with Gasteiger partial charge in [0.2, 0.25) is 0 Å². The Morgan fingerprint density at radius 1 is 0.963 bits per heavy atom. The van der Waals surface area contributed by atoms with E-state index in [2.05, 4.69) is 0 Å². The molecule has 0 aromatic heterocycles. The molecule has 0 aliphatic rings. The van der Waals surface area contributed by atoms with E-state index in [4.69, 9.17) is 5.73 Å². The third-order valence-electron chi connectivity index (χ3n) is 3.68. The molecule has 4 rings (SSSR count). The first kappa shape index (κ1) is 25.1. The van der Waals surface area contributed by atoms with Gasteiger partial charge in [-0.1, -0.05) is 0 Å². The molecule has 0 aliphatic heterocycles. The molecule has 1 unspecified atom stereocenters. The summed E-state index contributed by atoms with van der Waals surface area (Å²) >= 11 is 0. The van der Waals surface area contributed by atoms with Crippen LogP contribution in [0.5, 0.6) is 0 Å². The van der Waals surface area contributed by atoms with E-state index in [1.165, 1.54) is 6.92 Å². The number of ketones is 1. The van der Waals surface area contributed by atoms with Crippen molar-refractivity contribution < 1.29 is 38.9 Å². The molecule has 0 aliphatic carbocycles. The van der Waals surface area contributed by atoms with Crippen LogP contribution in [0, 0.1) is 0 Å². The molecule has 0 fully saturated rings. The smallest absolute Gasteiger partial charge is 0.137 e. The van der Waals surface area contributed by atoms with Gasteiger partial charge in [-0.05, 0) is 6.92 Å². The summed E-state index contributed by atoms with van der Waals surface area (Å²) in [5.74, 6) is -0.00495. The maximum absolute atomic E-state index is 11.1. The number of nitrogens with two attached hydrogens (primary N) is 1. The molecule has 2 nitrogen and oxygen atoms in total. The van der Waals surface area contributed by atoms with Gasteiger partial charge >= 0.3 is 0 Å². The van der Waals surface area contributed by atoms with Gasteiger partial charge in [-0.2, -0.15) is 36.4 Å². The summed E-state index contributed by atoms with van der Waals surface area (Å²) in [6, 6.07) is 33.5. The number of rotatable bonds is 3. The number of Topliss-reactive ketones (excluding diaryl/α,β-unsaturated/α-hetero) is 1. The first-order valence-electron chi connectivity index (χ1n) is 8.26. The van der Waals surface area contributed by atoms with Gasteiger partial charge in [0.25, 0.3) is 0 Å². The van der Waals surface area contributed by atoms with Crippen molar-refractivity contribution in [2.75, 3.05) is 0 Å². The van der Waals surface area contributed by atoms with E-state index in [0.717, 1.165) is 16.7 Å². The maximum Gasteiger partial charge on any atom is 0.137 e. The first-order valence-corrected chi connectivity index (χ1v) is 8.26. The third-order valence-corrected chi connectivity index (χ3v) is 3.68. The van der Waals surface area contributed by atoms with Crippen LogP contribution in [0.2, 0.25) is 0 Å². The van der Waals surface area contributed by atoms with Crippen LogP contribution in [0.15, 0.2) is 103 Å². The van der Waals surface area contributed by atoms with Crippen molar-refractivity contribution in [3.05, 3.63) is 109 Å². The Morgan fingerprint density at radius 2 is 1.44 bits per heavy atom. The standard InChI is InChI=1S/C13H13NO.2C5H5.2Fe/c1-9(15)13(14)12-7-6-11(8-12)10-4-2-3-5-10;2*1-2-4-5-3-1;;/h2-8,13H,14H2,1H3;2*1-5H;;/q-6;2*-1;;. The average Bonchev–Trinajstić information content (AvgIpc) is 3.45. The summed E-state index contributed by atoms with van der Waals surface area (Å²) in [6.07, 6.45) is 0. The maximum atomic E-state index is 11.1. The Hall–Kier alpha value is -1.93. The van der Waals surface area contributed by atoms with Crippen LogP contribution >= 0.6 is 0 Å². The van der Waals surface area contributed by atoms with Crippen LogP contribution in [0.4, 0.5) is 0 Å². The van der Waals surface area contributed by atoms with Crippen molar-refractivity contribution in [1.82, 2.24) is 0 Å². The molecule has 0 saturated carbocycles. The zero-order chi connectivity index (χ0) is 17.9. The van der Waals surface area contributed by atoms with Crippen molar-refractivity contribution in [3.63, 3.8) is 0 Å². The Labute approximate surface area is 182 Å². The molecule has 0 spiro atoms. The van der Waals surface area contributed by atoms with Gasteiger partial charge in [-0.15, -0.1) is 0 Å². The molecule has 0 heterocycles. The zero-order valence-corrected chi connectivity index (χ0v) is 17.3. The summed E-state index contributed by atoms with van der Waals surface area (Å²) in [5, 5.41) is 0. The summed E-state index contributed by atoms with van der Waals surface area (Å²) in [5.41, 5.74) is 8.92.